The number of methoxy groups -OCH3 is 1. The maximum Gasteiger partial charge on any atom is 0.379 e. The van der Waals surface area contributed by atoms with Gasteiger partial charge in [0.15, 0.2) is 0 Å². The SMILES string of the molecule is CCOC(=O)C(=O)C=C(O)c1cn(Cc2ccc(Cl)cc2F)c2cccc(OC)c12. The summed E-state index contributed by atoms with van der Waals surface area (Å²) in [7, 11) is 1.47. The molecule has 0 radical (unpaired) electrons. The van der Waals surface area contributed by atoms with Gasteiger partial charge in [-0.25, -0.2) is 9.18 Å². The smallest absolute Gasteiger partial charge is 0.379 e. The molecule has 0 amide bonds. The molecule has 0 fully saturated rings. The minimum absolute atomic E-state index is 0.0406. The Labute approximate surface area is 177 Å². The summed E-state index contributed by atoms with van der Waals surface area (Å²) in [6.45, 7) is 1.76. The number of halogens is 2. The molecule has 1 heterocycles. The van der Waals surface area contributed by atoms with Crippen molar-refractivity contribution in [2.24, 2.45) is 0 Å². The monoisotopic (exact) mass is 431 g/mol. The third-order valence-electron chi connectivity index (χ3n) is 4.46. The molecule has 30 heavy (non-hydrogen) atoms. The number of aliphatic hydroxyl groups is 1. The normalized spacial score (nSPS) is 11.5. The molecule has 0 bridgehead atoms. The van der Waals surface area contributed by atoms with E-state index < -0.39 is 23.3 Å². The highest BCUT2D eigenvalue weighted by atomic mass is 35.5. The highest BCUT2D eigenvalue weighted by Gasteiger charge is 2.20. The summed E-state index contributed by atoms with van der Waals surface area (Å²) in [5.74, 6) is -2.51. The first-order valence-electron chi connectivity index (χ1n) is 9.07. The molecule has 0 saturated heterocycles. The van der Waals surface area contributed by atoms with Crippen molar-refractivity contribution in [2.45, 2.75) is 13.5 Å². The predicted molar refractivity (Wildman–Crippen MR) is 111 cm³/mol. The van der Waals surface area contributed by atoms with Crippen LogP contribution < -0.4 is 4.74 Å². The molecule has 0 atom stereocenters. The first kappa shape index (κ1) is 21.4. The van der Waals surface area contributed by atoms with Gasteiger partial charge in [0.25, 0.3) is 5.78 Å². The van der Waals surface area contributed by atoms with Gasteiger partial charge in [-0.15, -0.1) is 0 Å². The molecule has 0 aliphatic rings. The van der Waals surface area contributed by atoms with E-state index in [9.17, 15) is 19.1 Å². The van der Waals surface area contributed by atoms with Gasteiger partial charge < -0.3 is 19.1 Å². The molecule has 3 aromatic rings. The third-order valence-corrected chi connectivity index (χ3v) is 4.70. The largest absolute Gasteiger partial charge is 0.507 e. The molecule has 0 saturated carbocycles. The van der Waals surface area contributed by atoms with Crippen LogP contribution in [0.2, 0.25) is 5.02 Å². The summed E-state index contributed by atoms with van der Waals surface area (Å²) in [6, 6.07) is 9.60. The highest BCUT2D eigenvalue weighted by Crippen LogP contribution is 2.34. The number of hydrogen-bond acceptors (Lipinski definition) is 5. The maximum atomic E-state index is 14.3. The molecule has 2 aromatic carbocycles. The number of esters is 1. The lowest BCUT2D eigenvalue weighted by Gasteiger charge is -2.08. The van der Waals surface area contributed by atoms with E-state index in [1.807, 2.05) is 0 Å². The standard InChI is InChI=1S/C22H19ClFNO5/c1-3-30-22(28)19(27)10-18(26)15-12-25(11-13-7-8-14(23)9-16(13)24)17-5-4-6-20(29-2)21(15)17/h4-10,12,26H,3,11H2,1-2H3. The van der Waals surface area contributed by atoms with Gasteiger partial charge in [0.05, 0.1) is 31.2 Å². The van der Waals surface area contributed by atoms with Crippen LogP contribution in [0.4, 0.5) is 4.39 Å². The zero-order valence-electron chi connectivity index (χ0n) is 16.3. The van der Waals surface area contributed by atoms with Crippen molar-refractivity contribution >= 4 is 40.0 Å². The summed E-state index contributed by atoms with van der Waals surface area (Å²) in [5.41, 5.74) is 1.29. The highest BCUT2D eigenvalue weighted by molar-refractivity contribution is 6.39. The van der Waals surface area contributed by atoms with Crippen molar-refractivity contribution in [3.63, 3.8) is 0 Å². The summed E-state index contributed by atoms with van der Waals surface area (Å²) in [4.78, 5) is 23.6. The fraction of sp³-hybridized carbons (Fsp3) is 0.182. The van der Waals surface area contributed by atoms with E-state index in [4.69, 9.17) is 16.3 Å². The van der Waals surface area contributed by atoms with Crippen molar-refractivity contribution in [3.05, 3.63) is 70.6 Å². The van der Waals surface area contributed by atoms with E-state index in [0.29, 0.717) is 22.2 Å². The number of benzene rings is 2. The molecule has 3 rings (SSSR count). The van der Waals surface area contributed by atoms with Gasteiger partial charge in [0.1, 0.15) is 17.3 Å². The first-order chi connectivity index (χ1) is 14.3. The average molecular weight is 432 g/mol. The first-order valence-corrected chi connectivity index (χ1v) is 9.45. The lowest BCUT2D eigenvalue weighted by atomic mass is 10.1. The topological polar surface area (TPSA) is 77.8 Å². The van der Waals surface area contributed by atoms with E-state index in [0.717, 1.165) is 6.08 Å². The van der Waals surface area contributed by atoms with Crippen molar-refractivity contribution in [3.8, 4) is 5.75 Å². The van der Waals surface area contributed by atoms with Crippen LogP contribution >= 0.6 is 11.6 Å². The third kappa shape index (κ3) is 4.31. The second-order valence-electron chi connectivity index (χ2n) is 6.38. The van der Waals surface area contributed by atoms with Crippen LogP contribution in [0.25, 0.3) is 16.7 Å². The fourth-order valence-corrected chi connectivity index (χ4v) is 3.27. The molecule has 1 N–H and O–H groups in total. The average Bonchev–Trinajstić information content (AvgIpc) is 3.09. The number of ether oxygens (including phenoxy) is 2. The van der Waals surface area contributed by atoms with E-state index in [1.54, 1.807) is 48.0 Å². The zero-order chi connectivity index (χ0) is 21.8. The molecule has 1 aromatic heterocycles. The van der Waals surface area contributed by atoms with E-state index in [2.05, 4.69) is 4.74 Å². The van der Waals surface area contributed by atoms with Crippen LogP contribution in [0.15, 0.2) is 48.7 Å². The van der Waals surface area contributed by atoms with Gasteiger partial charge in [-0.3, -0.25) is 4.79 Å². The second-order valence-corrected chi connectivity index (χ2v) is 6.81. The number of aliphatic hydroxyl groups excluding tert-OH is 1. The molecule has 156 valence electrons. The Morgan fingerprint density at radius 2 is 2.03 bits per heavy atom. The van der Waals surface area contributed by atoms with E-state index in [-0.39, 0.29) is 23.7 Å². The number of aromatic nitrogens is 1. The Morgan fingerprint density at radius 3 is 2.70 bits per heavy atom. The number of rotatable bonds is 7. The van der Waals surface area contributed by atoms with Crippen LogP contribution in [0.3, 0.4) is 0 Å². The number of carbonyl (C=O) groups excluding carboxylic acids is 2. The van der Waals surface area contributed by atoms with Gasteiger partial charge in [-0.05, 0) is 31.2 Å². The van der Waals surface area contributed by atoms with Crippen LogP contribution in [-0.2, 0) is 20.9 Å². The van der Waals surface area contributed by atoms with Crippen LogP contribution in [0.5, 0.6) is 5.75 Å². The molecule has 8 heteroatoms. The maximum absolute atomic E-state index is 14.3. The Morgan fingerprint density at radius 1 is 1.27 bits per heavy atom. The Bertz CT molecular complexity index is 1150. The molecule has 0 aliphatic carbocycles. The van der Waals surface area contributed by atoms with Crippen molar-refractivity contribution < 1.29 is 28.6 Å². The lowest BCUT2D eigenvalue weighted by molar-refractivity contribution is -0.151. The molecule has 0 aliphatic heterocycles. The van der Waals surface area contributed by atoms with E-state index in [1.165, 1.54) is 13.2 Å². The predicted octanol–water partition coefficient (Wildman–Crippen LogP) is 4.52. The minimum Gasteiger partial charge on any atom is -0.507 e. The fourth-order valence-electron chi connectivity index (χ4n) is 3.11. The lowest BCUT2D eigenvalue weighted by Crippen LogP contribution is -2.15. The molecular weight excluding hydrogens is 413 g/mol. The van der Waals surface area contributed by atoms with Crippen LogP contribution in [0, 0.1) is 5.82 Å². The number of carbonyl (C=O) groups is 2. The van der Waals surface area contributed by atoms with E-state index >= 15 is 0 Å². The summed E-state index contributed by atoms with van der Waals surface area (Å²) in [5, 5.41) is 11.4. The Hall–Kier alpha value is -3.32. The minimum atomic E-state index is -1.07. The van der Waals surface area contributed by atoms with Crippen LogP contribution in [-0.4, -0.2) is 35.1 Å². The molecule has 0 spiro atoms. The summed E-state index contributed by atoms with van der Waals surface area (Å²) in [6.07, 6.45) is 2.36. The van der Waals surface area contributed by atoms with Gasteiger partial charge in [-0.1, -0.05) is 23.7 Å². The van der Waals surface area contributed by atoms with Gasteiger partial charge in [-0.2, -0.15) is 0 Å². The van der Waals surface area contributed by atoms with Crippen LogP contribution in [0.1, 0.15) is 18.1 Å². The second kappa shape index (κ2) is 9.00. The van der Waals surface area contributed by atoms with Gasteiger partial charge in [0, 0.05) is 28.4 Å². The van der Waals surface area contributed by atoms with Gasteiger partial charge >= 0.3 is 5.97 Å². The Kier molecular flexibility index (Phi) is 6.42. The Balaban J connectivity index is 2.10. The molecular formula is C22H19ClFNO5. The number of fused-ring (bicyclic) bond motifs is 1. The quantitative estimate of drug-likeness (QED) is 0.257. The van der Waals surface area contributed by atoms with Crippen molar-refractivity contribution in [1.82, 2.24) is 4.57 Å². The summed E-state index contributed by atoms with van der Waals surface area (Å²) < 4.78 is 26.1. The van der Waals surface area contributed by atoms with Gasteiger partial charge in [0.2, 0.25) is 0 Å². The number of nitrogens with zero attached hydrogens (tertiary/aromatic N) is 1. The van der Waals surface area contributed by atoms with Crippen molar-refractivity contribution in [2.75, 3.05) is 13.7 Å². The van der Waals surface area contributed by atoms with Crippen molar-refractivity contribution in [1.29, 1.82) is 0 Å². The zero-order valence-corrected chi connectivity index (χ0v) is 17.1. The number of hydrogen-bond donors (Lipinski definition) is 1. The molecule has 6 nitrogen and oxygen atoms in total. The summed E-state index contributed by atoms with van der Waals surface area (Å²) >= 11 is 5.82. The number of ketones is 1. The molecule has 0 unspecified atom stereocenters.